The van der Waals surface area contributed by atoms with E-state index in [2.05, 4.69) is 17.6 Å². The molecule has 0 bridgehead atoms. The molecule has 0 aliphatic carbocycles. The SMILES string of the molecule is CCSC/C(=C\NC)NC. The molecule has 3 heteroatoms. The van der Waals surface area contributed by atoms with Crippen molar-refractivity contribution >= 4 is 11.8 Å². The lowest BCUT2D eigenvalue weighted by Crippen LogP contribution is -2.11. The molecule has 2 nitrogen and oxygen atoms in total. The van der Waals surface area contributed by atoms with Crippen molar-refractivity contribution in [3.8, 4) is 0 Å². The van der Waals surface area contributed by atoms with Gasteiger partial charge in [-0.1, -0.05) is 6.92 Å². The van der Waals surface area contributed by atoms with Crippen molar-refractivity contribution in [3.05, 3.63) is 11.9 Å². The maximum Gasteiger partial charge on any atom is 0.0364 e. The van der Waals surface area contributed by atoms with Gasteiger partial charge in [-0.3, -0.25) is 0 Å². The predicted octanol–water partition coefficient (Wildman–Crippen LogP) is 1.02. The van der Waals surface area contributed by atoms with E-state index >= 15 is 0 Å². The number of hydrogen-bond acceptors (Lipinski definition) is 3. The van der Waals surface area contributed by atoms with Crippen LogP contribution < -0.4 is 10.6 Å². The van der Waals surface area contributed by atoms with E-state index in [-0.39, 0.29) is 0 Å². The lowest BCUT2D eigenvalue weighted by Gasteiger charge is -2.04. The molecule has 0 heterocycles. The third-order valence-corrected chi connectivity index (χ3v) is 2.02. The highest BCUT2D eigenvalue weighted by Gasteiger charge is 1.90. The number of hydrogen-bond donors (Lipinski definition) is 2. The first-order valence-electron chi connectivity index (χ1n) is 3.47. The van der Waals surface area contributed by atoms with Gasteiger partial charge in [-0.2, -0.15) is 11.8 Å². The van der Waals surface area contributed by atoms with Crippen LogP contribution in [0.15, 0.2) is 11.9 Å². The van der Waals surface area contributed by atoms with Gasteiger partial charge in [0.2, 0.25) is 0 Å². The van der Waals surface area contributed by atoms with Crippen LogP contribution in [-0.4, -0.2) is 25.6 Å². The van der Waals surface area contributed by atoms with Crippen LogP contribution in [0.5, 0.6) is 0 Å². The van der Waals surface area contributed by atoms with Gasteiger partial charge < -0.3 is 10.6 Å². The van der Waals surface area contributed by atoms with Crippen LogP contribution >= 0.6 is 11.8 Å². The van der Waals surface area contributed by atoms with Crippen LogP contribution in [0.1, 0.15) is 6.92 Å². The summed E-state index contributed by atoms with van der Waals surface area (Å²) in [5, 5.41) is 6.11. The van der Waals surface area contributed by atoms with Gasteiger partial charge in [-0.15, -0.1) is 0 Å². The fourth-order valence-corrected chi connectivity index (χ4v) is 1.22. The fourth-order valence-electron chi connectivity index (χ4n) is 0.572. The Hall–Kier alpha value is -0.310. The van der Waals surface area contributed by atoms with E-state index in [0.29, 0.717) is 0 Å². The monoisotopic (exact) mass is 160 g/mol. The molecule has 0 spiro atoms. The van der Waals surface area contributed by atoms with E-state index in [9.17, 15) is 0 Å². The Morgan fingerprint density at radius 2 is 2.20 bits per heavy atom. The average molecular weight is 160 g/mol. The molecule has 0 radical (unpaired) electrons. The molecule has 0 aromatic heterocycles. The molecular formula is C7H16N2S. The van der Waals surface area contributed by atoms with Gasteiger partial charge in [0.1, 0.15) is 0 Å². The maximum atomic E-state index is 3.12. The van der Waals surface area contributed by atoms with Gasteiger partial charge in [0.15, 0.2) is 0 Å². The summed E-state index contributed by atoms with van der Waals surface area (Å²) in [6.45, 7) is 2.16. The van der Waals surface area contributed by atoms with Crippen molar-refractivity contribution in [1.29, 1.82) is 0 Å². The minimum absolute atomic E-state index is 1.06. The van der Waals surface area contributed by atoms with Gasteiger partial charge in [0.25, 0.3) is 0 Å². The van der Waals surface area contributed by atoms with Gasteiger partial charge >= 0.3 is 0 Å². The molecule has 60 valence electrons. The van der Waals surface area contributed by atoms with Gasteiger partial charge in [-0.25, -0.2) is 0 Å². The van der Waals surface area contributed by atoms with Crippen molar-refractivity contribution in [1.82, 2.24) is 10.6 Å². The van der Waals surface area contributed by atoms with Crippen LogP contribution in [0, 0.1) is 0 Å². The lowest BCUT2D eigenvalue weighted by molar-refractivity contribution is 0.948. The molecule has 0 aromatic rings. The third-order valence-electron chi connectivity index (χ3n) is 1.10. The summed E-state index contributed by atoms with van der Waals surface area (Å²) in [6, 6.07) is 0. The summed E-state index contributed by atoms with van der Waals surface area (Å²) < 4.78 is 0. The number of thioether (sulfide) groups is 1. The van der Waals surface area contributed by atoms with Gasteiger partial charge in [0, 0.05) is 31.7 Å². The molecule has 0 aliphatic heterocycles. The molecule has 0 saturated carbocycles. The topological polar surface area (TPSA) is 24.1 Å². The summed E-state index contributed by atoms with van der Waals surface area (Å²) in [5.41, 5.74) is 1.24. The second-order valence-electron chi connectivity index (χ2n) is 1.85. The smallest absolute Gasteiger partial charge is 0.0364 e. The standard InChI is InChI=1S/C7H16N2S/c1-4-10-6-7(9-3)5-8-2/h5,8-9H,4,6H2,1-3H3/b7-5+. The van der Waals surface area contributed by atoms with Gasteiger partial charge in [-0.05, 0) is 5.75 Å². The van der Waals surface area contributed by atoms with E-state index < -0.39 is 0 Å². The normalized spacial score (nSPS) is 11.3. The Morgan fingerprint density at radius 3 is 2.60 bits per heavy atom. The van der Waals surface area contributed by atoms with Crippen molar-refractivity contribution in [2.75, 3.05) is 25.6 Å². The molecule has 0 aliphatic rings. The van der Waals surface area contributed by atoms with Crippen molar-refractivity contribution in [2.24, 2.45) is 0 Å². The van der Waals surface area contributed by atoms with Crippen LogP contribution in [-0.2, 0) is 0 Å². The quantitative estimate of drug-likeness (QED) is 0.628. The molecule has 0 unspecified atom stereocenters. The second kappa shape index (κ2) is 6.81. The van der Waals surface area contributed by atoms with E-state index in [1.807, 2.05) is 32.1 Å². The molecule has 10 heavy (non-hydrogen) atoms. The van der Waals surface area contributed by atoms with Crippen LogP contribution in [0.25, 0.3) is 0 Å². The third kappa shape index (κ3) is 4.56. The lowest BCUT2D eigenvalue weighted by atomic mass is 10.5. The number of nitrogens with one attached hydrogen (secondary N) is 2. The minimum atomic E-state index is 1.06. The average Bonchev–Trinajstić information content (AvgIpc) is 1.98. The summed E-state index contributed by atoms with van der Waals surface area (Å²) in [5.74, 6) is 2.23. The van der Waals surface area contributed by atoms with Gasteiger partial charge in [0.05, 0.1) is 0 Å². The van der Waals surface area contributed by atoms with Crippen molar-refractivity contribution < 1.29 is 0 Å². The first-order chi connectivity index (χ1) is 4.85. The Bertz CT molecular complexity index is 102. The second-order valence-corrected chi connectivity index (χ2v) is 3.12. The van der Waals surface area contributed by atoms with E-state index in [4.69, 9.17) is 0 Å². The van der Waals surface area contributed by atoms with E-state index in [0.717, 1.165) is 5.75 Å². The summed E-state index contributed by atoms with van der Waals surface area (Å²) >= 11 is 1.91. The molecular weight excluding hydrogens is 144 g/mol. The Morgan fingerprint density at radius 1 is 1.50 bits per heavy atom. The molecule has 0 atom stereocenters. The molecule has 0 fully saturated rings. The minimum Gasteiger partial charge on any atom is -0.393 e. The highest BCUT2D eigenvalue weighted by molar-refractivity contribution is 7.99. The molecule has 2 N–H and O–H groups in total. The fraction of sp³-hybridized carbons (Fsp3) is 0.714. The first kappa shape index (κ1) is 9.69. The maximum absolute atomic E-state index is 3.12. The number of rotatable bonds is 5. The first-order valence-corrected chi connectivity index (χ1v) is 4.62. The van der Waals surface area contributed by atoms with Crippen LogP contribution in [0.4, 0.5) is 0 Å². The Balaban J connectivity index is 3.49. The van der Waals surface area contributed by atoms with Crippen molar-refractivity contribution in [2.45, 2.75) is 6.92 Å². The van der Waals surface area contributed by atoms with E-state index in [1.54, 1.807) is 0 Å². The summed E-state index contributed by atoms with van der Waals surface area (Å²) in [6.07, 6.45) is 1.99. The summed E-state index contributed by atoms with van der Waals surface area (Å²) in [4.78, 5) is 0. The predicted molar refractivity (Wildman–Crippen MR) is 49.2 cm³/mol. The molecule has 0 rings (SSSR count). The zero-order valence-corrected chi connectivity index (χ0v) is 7.72. The van der Waals surface area contributed by atoms with Crippen LogP contribution in [0.3, 0.4) is 0 Å². The molecule has 0 saturated heterocycles. The Kier molecular flexibility index (Phi) is 6.59. The zero-order valence-electron chi connectivity index (χ0n) is 6.90. The largest absolute Gasteiger partial charge is 0.393 e. The van der Waals surface area contributed by atoms with E-state index in [1.165, 1.54) is 11.4 Å². The summed E-state index contributed by atoms with van der Waals surface area (Å²) in [7, 11) is 3.85. The Labute approximate surface area is 67.5 Å². The van der Waals surface area contributed by atoms with Crippen molar-refractivity contribution in [3.63, 3.8) is 0 Å². The van der Waals surface area contributed by atoms with Crippen LogP contribution in [0.2, 0.25) is 0 Å². The molecule has 0 amide bonds. The zero-order chi connectivity index (χ0) is 7.82. The highest BCUT2D eigenvalue weighted by Crippen LogP contribution is 2.02. The molecule has 0 aromatic carbocycles. The highest BCUT2D eigenvalue weighted by atomic mass is 32.2.